The molecule has 0 saturated carbocycles. The zero-order valence-electron chi connectivity index (χ0n) is 13.0. The lowest BCUT2D eigenvalue weighted by Gasteiger charge is -2.39. The molecule has 3 nitrogen and oxygen atoms in total. The van der Waals surface area contributed by atoms with Crippen molar-refractivity contribution < 1.29 is 4.74 Å². The van der Waals surface area contributed by atoms with Crippen LogP contribution < -0.4 is 0 Å². The number of nitrogens with zero attached hydrogens (tertiary/aromatic N) is 2. The second-order valence-electron chi connectivity index (χ2n) is 6.46. The third-order valence-electron chi connectivity index (χ3n) is 5.03. The van der Waals surface area contributed by atoms with E-state index in [1.54, 1.807) is 7.11 Å². The van der Waals surface area contributed by atoms with Crippen molar-refractivity contribution in [1.82, 2.24) is 9.47 Å². The van der Waals surface area contributed by atoms with Crippen LogP contribution in [0.15, 0.2) is 30.5 Å². The SMILES string of the molecule is COC[C@@H]1C=C2c3cccc4c3c(cn4C)C[C@H]2N(C)C1. The van der Waals surface area contributed by atoms with Crippen molar-refractivity contribution in [2.75, 3.05) is 27.3 Å². The molecular weight excluding hydrogens is 260 g/mol. The van der Waals surface area contributed by atoms with Crippen LogP contribution in [-0.4, -0.2) is 42.8 Å². The molecule has 1 aliphatic heterocycles. The second-order valence-corrected chi connectivity index (χ2v) is 6.46. The summed E-state index contributed by atoms with van der Waals surface area (Å²) in [5, 5.41) is 1.45. The molecule has 0 unspecified atom stereocenters. The van der Waals surface area contributed by atoms with Crippen LogP contribution in [0.1, 0.15) is 11.1 Å². The Morgan fingerprint density at radius 1 is 1.29 bits per heavy atom. The van der Waals surface area contributed by atoms with Gasteiger partial charge in [0.15, 0.2) is 0 Å². The van der Waals surface area contributed by atoms with Crippen molar-refractivity contribution in [3.05, 3.63) is 41.6 Å². The minimum Gasteiger partial charge on any atom is -0.384 e. The third kappa shape index (κ3) is 1.88. The smallest absolute Gasteiger partial charge is 0.0537 e. The van der Waals surface area contributed by atoms with E-state index in [-0.39, 0.29) is 0 Å². The van der Waals surface area contributed by atoms with Crippen LogP contribution in [0.2, 0.25) is 0 Å². The topological polar surface area (TPSA) is 17.4 Å². The van der Waals surface area contributed by atoms with Gasteiger partial charge >= 0.3 is 0 Å². The molecule has 2 atom stereocenters. The minimum atomic E-state index is 0.492. The van der Waals surface area contributed by atoms with Crippen LogP contribution in [0, 0.1) is 5.92 Å². The summed E-state index contributed by atoms with van der Waals surface area (Å²) >= 11 is 0. The highest BCUT2D eigenvalue weighted by Crippen LogP contribution is 2.41. The van der Waals surface area contributed by atoms with Crippen LogP contribution in [0.25, 0.3) is 16.5 Å². The summed E-state index contributed by atoms with van der Waals surface area (Å²) in [5.74, 6) is 0.492. The Hall–Kier alpha value is -1.58. The number of ether oxygens (including phenoxy) is 1. The molecule has 0 saturated heterocycles. The summed E-state index contributed by atoms with van der Waals surface area (Å²) in [6.45, 7) is 1.89. The van der Waals surface area contributed by atoms with E-state index in [2.05, 4.69) is 54.0 Å². The highest BCUT2D eigenvalue weighted by Gasteiger charge is 2.33. The predicted octanol–water partition coefficient (Wildman–Crippen LogP) is 2.69. The zero-order chi connectivity index (χ0) is 14.6. The van der Waals surface area contributed by atoms with Crippen molar-refractivity contribution >= 4 is 16.5 Å². The van der Waals surface area contributed by atoms with E-state index in [0.29, 0.717) is 12.0 Å². The Balaban J connectivity index is 1.92. The number of fused-ring (bicyclic) bond motifs is 2. The lowest BCUT2D eigenvalue weighted by molar-refractivity contribution is 0.136. The summed E-state index contributed by atoms with van der Waals surface area (Å²) < 4.78 is 7.64. The van der Waals surface area contributed by atoms with E-state index in [9.17, 15) is 0 Å². The van der Waals surface area contributed by atoms with Gasteiger partial charge in [0.25, 0.3) is 0 Å². The summed E-state index contributed by atoms with van der Waals surface area (Å²) in [6, 6.07) is 7.21. The van der Waals surface area contributed by atoms with Gasteiger partial charge in [-0.2, -0.15) is 0 Å². The van der Waals surface area contributed by atoms with E-state index >= 15 is 0 Å². The lowest BCUT2D eigenvalue weighted by Crippen LogP contribution is -2.43. The molecule has 110 valence electrons. The lowest BCUT2D eigenvalue weighted by atomic mass is 9.80. The number of rotatable bonds is 2. The van der Waals surface area contributed by atoms with Crippen molar-refractivity contribution in [3.63, 3.8) is 0 Å². The van der Waals surface area contributed by atoms with Crippen molar-refractivity contribution in [2.24, 2.45) is 13.0 Å². The molecule has 0 amide bonds. The van der Waals surface area contributed by atoms with Crippen LogP contribution in [0.5, 0.6) is 0 Å². The molecule has 4 rings (SSSR count). The number of hydrogen-bond donors (Lipinski definition) is 0. The highest BCUT2D eigenvalue weighted by molar-refractivity contribution is 5.98. The van der Waals surface area contributed by atoms with Crippen LogP contribution in [-0.2, 0) is 18.2 Å². The molecule has 1 aromatic carbocycles. The molecule has 0 fully saturated rings. The van der Waals surface area contributed by atoms with Gasteiger partial charge in [0.1, 0.15) is 0 Å². The van der Waals surface area contributed by atoms with E-state index in [1.165, 1.54) is 27.6 Å². The third-order valence-corrected chi connectivity index (χ3v) is 5.03. The highest BCUT2D eigenvalue weighted by atomic mass is 16.5. The van der Waals surface area contributed by atoms with Crippen molar-refractivity contribution in [1.29, 1.82) is 0 Å². The molecule has 0 spiro atoms. The molecule has 1 aromatic heterocycles. The number of aromatic nitrogens is 1. The minimum absolute atomic E-state index is 0.492. The predicted molar refractivity (Wildman–Crippen MR) is 86.4 cm³/mol. The quantitative estimate of drug-likeness (QED) is 0.842. The monoisotopic (exact) mass is 282 g/mol. The molecular formula is C18H22N2O. The molecule has 21 heavy (non-hydrogen) atoms. The van der Waals surface area contributed by atoms with Gasteiger partial charge in [-0.25, -0.2) is 0 Å². The van der Waals surface area contributed by atoms with Crippen molar-refractivity contribution in [3.8, 4) is 0 Å². The number of aryl methyl sites for hydroxylation is 1. The summed E-state index contributed by atoms with van der Waals surface area (Å²) in [5.41, 5.74) is 5.75. The van der Waals surface area contributed by atoms with Gasteiger partial charge in [0.2, 0.25) is 0 Å². The second kappa shape index (κ2) is 4.72. The van der Waals surface area contributed by atoms with E-state index in [1.807, 2.05) is 0 Å². The van der Waals surface area contributed by atoms with E-state index in [0.717, 1.165) is 19.6 Å². The summed E-state index contributed by atoms with van der Waals surface area (Å²) in [6.07, 6.45) is 5.88. The number of benzene rings is 1. The van der Waals surface area contributed by atoms with Gasteiger partial charge in [0, 0.05) is 49.8 Å². The molecule has 0 N–H and O–H groups in total. The first-order valence-electron chi connectivity index (χ1n) is 7.67. The first kappa shape index (κ1) is 13.1. The van der Waals surface area contributed by atoms with E-state index < -0.39 is 0 Å². The van der Waals surface area contributed by atoms with Gasteiger partial charge in [-0.15, -0.1) is 0 Å². The van der Waals surface area contributed by atoms with E-state index in [4.69, 9.17) is 4.74 Å². The molecule has 2 aromatic rings. The maximum Gasteiger partial charge on any atom is 0.0537 e. The van der Waals surface area contributed by atoms with Gasteiger partial charge in [0.05, 0.1) is 6.61 Å². The van der Waals surface area contributed by atoms with Crippen molar-refractivity contribution in [2.45, 2.75) is 12.5 Å². The Morgan fingerprint density at radius 3 is 2.95 bits per heavy atom. The Bertz CT molecular complexity index is 728. The van der Waals surface area contributed by atoms with Gasteiger partial charge < -0.3 is 9.30 Å². The molecule has 0 radical (unpaired) electrons. The molecule has 1 aliphatic carbocycles. The largest absolute Gasteiger partial charge is 0.384 e. The molecule has 0 bridgehead atoms. The maximum absolute atomic E-state index is 5.38. The van der Waals surface area contributed by atoms with Crippen LogP contribution >= 0.6 is 0 Å². The van der Waals surface area contributed by atoms with Crippen LogP contribution in [0.3, 0.4) is 0 Å². The molecule has 2 aliphatic rings. The number of likely N-dealkylation sites (N-methyl/N-ethyl adjacent to an activating group) is 1. The zero-order valence-corrected chi connectivity index (χ0v) is 13.0. The summed E-state index contributed by atoms with van der Waals surface area (Å²) in [7, 11) is 6.19. The standard InChI is InChI=1S/C18H22N2O/c1-19-9-12(11-21-3)7-15-14-5-4-6-16-18(14)13(8-17(15)19)10-20(16)2/h4-7,10,12,17H,8-9,11H2,1-3H3/t12-,17-/m1/s1. The fraction of sp³-hybridized carbons (Fsp3) is 0.444. The fourth-order valence-corrected chi connectivity index (χ4v) is 4.15. The first-order valence-corrected chi connectivity index (χ1v) is 7.67. The Morgan fingerprint density at radius 2 is 2.14 bits per heavy atom. The van der Waals surface area contributed by atoms with Gasteiger partial charge in [-0.3, -0.25) is 4.90 Å². The van der Waals surface area contributed by atoms with Gasteiger partial charge in [-0.05, 0) is 36.2 Å². The number of hydrogen-bond acceptors (Lipinski definition) is 2. The average Bonchev–Trinajstić information content (AvgIpc) is 2.79. The summed E-state index contributed by atoms with van der Waals surface area (Å²) in [4.78, 5) is 2.49. The van der Waals surface area contributed by atoms with Crippen LogP contribution in [0.4, 0.5) is 0 Å². The average molecular weight is 282 g/mol. The Labute approximate surface area is 125 Å². The molecule has 2 heterocycles. The number of methoxy groups -OCH3 is 1. The normalized spacial score (nSPS) is 25.0. The Kier molecular flexibility index (Phi) is 2.95. The fourth-order valence-electron chi connectivity index (χ4n) is 4.15. The maximum atomic E-state index is 5.38. The first-order chi connectivity index (χ1) is 10.2. The van der Waals surface area contributed by atoms with Gasteiger partial charge in [-0.1, -0.05) is 18.2 Å². The molecule has 3 heteroatoms.